The van der Waals surface area contributed by atoms with Crippen molar-refractivity contribution in [1.82, 2.24) is 0 Å². The number of aryl methyl sites for hydroxylation is 3. The van der Waals surface area contributed by atoms with E-state index in [4.69, 9.17) is 4.74 Å². The lowest BCUT2D eigenvalue weighted by Crippen LogP contribution is -2.20. The third kappa shape index (κ3) is 3.19. The zero-order valence-corrected chi connectivity index (χ0v) is 11.7. The number of carbonyl (C=O) groups excluding carboxylic acids is 2. The minimum absolute atomic E-state index is 0.250. The van der Waals surface area contributed by atoms with Gasteiger partial charge in [-0.3, -0.25) is 4.79 Å². The largest absolute Gasteiger partial charge is 0.389 e. The monoisotopic (exact) mass is 248 g/mol. The molecule has 0 saturated carbocycles. The lowest BCUT2D eigenvalue weighted by atomic mass is 10.00. The molecule has 0 fully saturated rings. The first-order chi connectivity index (χ1) is 8.36. The number of benzene rings is 1. The van der Waals surface area contributed by atoms with Crippen molar-refractivity contribution in [3.63, 3.8) is 0 Å². The van der Waals surface area contributed by atoms with Gasteiger partial charge in [0.05, 0.1) is 11.5 Å². The molecule has 0 heterocycles. The van der Waals surface area contributed by atoms with E-state index in [0.29, 0.717) is 12.0 Å². The van der Waals surface area contributed by atoms with Crippen molar-refractivity contribution in [3.8, 4) is 0 Å². The van der Waals surface area contributed by atoms with Crippen LogP contribution in [-0.2, 0) is 9.53 Å². The van der Waals surface area contributed by atoms with Crippen molar-refractivity contribution < 1.29 is 14.3 Å². The Morgan fingerprint density at radius 2 is 1.67 bits per heavy atom. The van der Waals surface area contributed by atoms with Gasteiger partial charge in [-0.05, 0) is 38.3 Å². The van der Waals surface area contributed by atoms with E-state index in [0.717, 1.165) is 16.7 Å². The molecule has 0 amide bonds. The maximum atomic E-state index is 12.0. The smallest absolute Gasteiger partial charge is 0.346 e. The Morgan fingerprint density at radius 1 is 1.17 bits per heavy atom. The molecule has 0 radical (unpaired) electrons. The highest BCUT2D eigenvalue weighted by molar-refractivity contribution is 5.99. The first kappa shape index (κ1) is 14.4. The Bertz CT molecular complexity index is 452. The number of ether oxygens (including phenoxy) is 1. The van der Waals surface area contributed by atoms with Gasteiger partial charge in [0.2, 0.25) is 0 Å². The highest BCUT2D eigenvalue weighted by Crippen LogP contribution is 2.18. The second-order valence-corrected chi connectivity index (χ2v) is 4.79. The van der Waals surface area contributed by atoms with E-state index >= 15 is 0 Å². The van der Waals surface area contributed by atoms with E-state index in [1.165, 1.54) is 0 Å². The maximum absolute atomic E-state index is 12.0. The zero-order valence-electron chi connectivity index (χ0n) is 11.7. The third-order valence-electron chi connectivity index (χ3n) is 3.09. The molecule has 1 aromatic carbocycles. The summed E-state index contributed by atoms with van der Waals surface area (Å²) in [6.07, 6.45) is 0.665. The van der Waals surface area contributed by atoms with Crippen LogP contribution in [0.3, 0.4) is 0 Å². The van der Waals surface area contributed by atoms with Gasteiger partial charge in [-0.15, -0.1) is 0 Å². The second-order valence-electron chi connectivity index (χ2n) is 4.79. The molecule has 0 saturated heterocycles. The number of hydrogen-bond acceptors (Lipinski definition) is 3. The van der Waals surface area contributed by atoms with Crippen LogP contribution in [0.4, 0.5) is 0 Å². The summed E-state index contributed by atoms with van der Waals surface area (Å²) in [5, 5.41) is 0. The highest BCUT2D eigenvalue weighted by Gasteiger charge is 2.20. The van der Waals surface area contributed by atoms with E-state index in [-0.39, 0.29) is 5.92 Å². The van der Waals surface area contributed by atoms with Gasteiger partial charge < -0.3 is 4.74 Å². The molecule has 1 aromatic rings. The van der Waals surface area contributed by atoms with Gasteiger partial charge in [-0.1, -0.05) is 31.5 Å². The maximum Gasteiger partial charge on any atom is 0.346 e. The van der Waals surface area contributed by atoms with Gasteiger partial charge in [0.25, 0.3) is 0 Å². The molecule has 0 aliphatic heterocycles. The Balaban J connectivity index is 2.95. The van der Waals surface area contributed by atoms with E-state index in [1.54, 1.807) is 6.92 Å². The molecule has 0 aliphatic rings. The van der Waals surface area contributed by atoms with Gasteiger partial charge in [0.1, 0.15) is 0 Å². The second kappa shape index (κ2) is 5.80. The molecule has 1 atom stereocenters. The van der Waals surface area contributed by atoms with Gasteiger partial charge in [0, 0.05) is 0 Å². The van der Waals surface area contributed by atoms with Gasteiger partial charge in [0.15, 0.2) is 0 Å². The number of hydrogen-bond donors (Lipinski definition) is 0. The minimum atomic E-state index is -0.546. The predicted molar refractivity (Wildman–Crippen MR) is 70.5 cm³/mol. The summed E-state index contributed by atoms with van der Waals surface area (Å²) >= 11 is 0. The van der Waals surface area contributed by atoms with Crippen LogP contribution in [0.5, 0.6) is 0 Å². The summed E-state index contributed by atoms with van der Waals surface area (Å²) in [6, 6.07) is 3.83. The quantitative estimate of drug-likeness (QED) is 0.608. The van der Waals surface area contributed by atoms with E-state index in [2.05, 4.69) is 0 Å². The summed E-state index contributed by atoms with van der Waals surface area (Å²) in [6.45, 7) is 9.32. The van der Waals surface area contributed by atoms with Crippen molar-refractivity contribution in [2.45, 2.75) is 41.0 Å². The van der Waals surface area contributed by atoms with Crippen molar-refractivity contribution in [3.05, 3.63) is 34.4 Å². The molecule has 0 aromatic heterocycles. The molecule has 1 unspecified atom stereocenters. The third-order valence-corrected chi connectivity index (χ3v) is 3.09. The Labute approximate surface area is 108 Å². The molecule has 3 nitrogen and oxygen atoms in total. The average Bonchev–Trinajstić information content (AvgIpc) is 2.26. The fourth-order valence-corrected chi connectivity index (χ4v) is 1.91. The van der Waals surface area contributed by atoms with Gasteiger partial charge >= 0.3 is 11.9 Å². The Morgan fingerprint density at radius 3 is 2.11 bits per heavy atom. The van der Waals surface area contributed by atoms with Crippen molar-refractivity contribution in [1.29, 1.82) is 0 Å². The summed E-state index contributed by atoms with van der Waals surface area (Å²) in [4.78, 5) is 23.6. The molecule has 0 spiro atoms. The molecule has 0 aliphatic carbocycles. The molecule has 0 N–H and O–H groups in total. The minimum Gasteiger partial charge on any atom is -0.389 e. The normalized spacial score (nSPS) is 12.1. The number of carbonyl (C=O) groups is 2. The molecule has 3 heteroatoms. The summed E-state index contributed by atoms with van der Waals surface area (Å²) < 4.78 is 4.91. The van der Waals surface area contributed by atoms with Crippen molar-refractivity contribution in [2.24, 2.45) is 5.92 Å². The number of esters is 2. The zero-order chi connectivity index (χ0) is 13.9. The van der Waals surface area contributed by atoms with Crippen LogP contribution in [0.1, 0.15) is 47.3 Å². The van der Waals surface area contributed by atoms with E-state index in [1.807, 2.05) is 39.8 Å². The highest BCUT2D eigenvalue weighted by atomic mass is 16.6. The SMILES string of the molecule is CCC(C)C(=O)OC(=O)c1c(C)cc(C)cc1C. The first-order valence-corrected chi connectivity index (χ1v) is 6.20. The molecule has 18 heavy (non-hydrogen) atoms. The molecule has 0 bridgehead atoms. The molecular formula is C15H20O3. The lowest BCUT2D eigenvalue weighted by molar-refractivity contribution is -0.142. The van der Waals surface area contributed by atoms with Crippen LogP contribution in [0.15, 0.2) is 12.1 Å². The fraction of sp³-hybridized carbons (Fsp3) is 0.467. The van der Waals surface area contributed by atoms with Crippen LogP contribution in [0, 0.1) is 26.7 Å². The number of rotatable bonds is 3. The van der Waals surface area contributed by atoms with Crippen LogP contribution in [0.25, 0.3) is 0 Å². The Kier molecular flexibility index (Phi) is 4.65. The summed E-state index contributed by atoms with van der Waals surface area (Å²) in [5.74, 6) is -1.25. The van der Waals surface area contributed by atoms with Crippen molar-refractivity contribution >= 4 is 11.9 Å². The topological polar surface area (TPSA) is 43.4 Å². The van der Waals surface area contributed by atoms with Crippen LogP contribution >= 0.6 is 0 Å². The first-order valence-electron chi connectivity index (χ1n) is 6.20. The van der Waals surface area contributed by atoms with E-state index in [9.17, 15) is 9.59 Å². The molecule has 1 rings (SSSR count). The van der Waals surface area contributed by atoms with Crippen LogP contribution in [-0.4, -0.2) is 11.9 Å². The molecule has 98 valence electrons. The predicted octanol–water partition coefficient (Wildman–Crippen LogP) is 3.34. The standard InChI is InChI=1S/C15H20O3/c1-6-10(3)14(16)18-15(17)13-11(4)7-9(2)8-12(13)5/h7-8,10H,6H2,1-5H3. The van der Waals surface area contributed by atoms with Gasteiger partial charge in [-0.25, -0.2) is 4.79 Å². The fourth-order valence-electron chi connectivity index (χ4n) is 1.91. The summed E-state index contributed by atoms with van der Waals surface area (Å²) in [7, 11) is 0. The summed E-state index contributed by atoms with van der Waals surface area (Å²) in [5.41, 5.74) is 3.27. The Hall–Kier alpha value is -1.64. The van der Waals surface area contributed by atoms with E-state index < -0.39 is 11.9 Å². The van der Waals surface area contributed by atoms with Crippen molar-refractivity contribution in [2.75, 3.05) is 0 Å². The lowest BCUT2D eigenvalue weighted by Gasteiger charge is -2.12. The molecular weight excluding hydrogens is 228 g/mol. The van der Waals surface area contributed by atoms with Crippen LogP contribution < -0.4 is 0 Å². The average molecular weight is 248 g/mol. The van der Waals surface area contributed by atoms with Crippen LogP contribution in [0.2, 0.25) is 0 Å². The van der Waals surface area contributed by atoms with Gasteiger partial charge in [-0.2, -0.15) is 0 Å².